The molecule has 1 aliphatic carbocycles. The highest BCUT2D eigenvalue weighted by atomic mass is 16.6. The molecule has 3 heterocycles. The van der Waals surface area contributed by atoms with Crippen LogP contribution in [0.15, 0.2) is 23.3 Å². The summed E-state index contributed by atoms with van der Waals surface area (Å²) in [5, 5.41) is 6.54. The zero-order chi connectivity index (χ0) is 21.4. The van der Waals surface area contributed by atoms with Gasteiger partial charge < -0.3 is 24.8 Å². The molecular formula is C24H38N2O4. The second kappa shape index (κ2) is 8.73. The maximum Gasteiger partial charge on any atom is 0.244 e. The molecule has 2 N–H and O–H groups in total. The van der Waals surface area contributed by atoms with Crippen LogP contribution in [0.4, 0.5) is 0 Å². The first-order valence-electron chi connectivity index (χ1n) is 11.6. The van der Waals surface area contributed by atoms with Crippen molar-refractivity contribution < 1.29 is 19.0 Å². The zero-order valence-electron chi connectivity index (χ0n) is 19.0. The maximum absolute atomic E-state index is 12.6. The van der Waals surface area contributed by atoms with Crippen molar-refractivity contribution in [1.82, 2.24) is 10.6 Å². The fourth-order valence-electron chi connectivity index (χ4n) is 5.59. The van der Waals surface area contributed by atoms with Crippen LogP contribution in [0.1, 0.15) is 59.3 Å². The Kier molecular flexibility index (Phi) is 6.40. The van der Waals surface area contributed by atoms with Crippen molar-refractivity contribution in [1.29, 1.82) is 0 Å². The molecule has 1 spiro atoms. The van der Waals surface area contributed by atoms with Gasteiger partial charge in [-0.2, -0.15) is 0 Å². The molecule has 6 nitrogen and oxygen atoms in total. The molecule has 0 aromatic rings. The first kappa shape index (κ1) is 22.0. The van der Waals surface area contributed by atoms with E-state index in [1.165, 1.54) is 18.4 Å². The first-order valence-corrected chi connectivity index (χ1v) is 11.6. The molecule has 4 fully saturated rings. The van der Waals surface area contributed by atoms with Gasteiger partial charge >= 0.3 is 0 Å². The molecule has 0 radical (unpaired) electrons. The number of epoxide rings is 2. The van der Waals surface area contributed by atoms with E-state index in [-0.39, 0.29) is 35.2 Å². The van der Waals surface area contributed by atoms with Crippen molar-refractivity contribution >= 4 is 5.91 Å². The average Bonchev–Trinajstić information content (AvgIpc) is 3.55. The van der Waals surface area contributed by atoms with Crippen LogP contribution in [0.2, 0.25) is 0 Å². The van der Waals surface area contributed by atoms with Crippen molar-refractivity contribution in [3.05, 3.63) is 23.3 Å². The normalized spacial score (nSPS) is 41.1. The fourth-order valence-corrected chi connectivity index (χ4v) is 5.59. The molecule has 3 aliphatic heterocycles. The monoisotopic (exact) mass is 418 g/mol. The summed E-state index contributed by atoms with van der Waals surface area (Å²) < 4.78 is 18.2. The molecule has 4 rings (SSSR count). The van der Waals surface area contributed by atoms with E-state index in [1.807, 2.05) is 0 Å². The van der Waals surface area contributed by atoms with Crippen molar-refractivity contribution in [3.8, 4) is 0 Å². The Morgan fingerprint density at radius 2 is 2.20 bits per heavy atom. The van der Waals surface area contributed by atoms with E-state index in [9.17, 15) is 4.79 Å². The van der Waals surface area contributed by atoms with Gasteiger partial charge in [0.2, 0.25) is 5.91 Å². The van der Waals surface area contributed by atoms with Crippen LogP contribution in [-0.4, -0.2) is 62.2 Å². The topological polar surface area (TPSA) is 75.4 Å². The van der Waals surface area contributed by atoms with E-state index in [4.69, 9.17) is 14.2 Å². The number of nitrogens with one attached hydrogen (secondary N) is 2. The van der Waals surface area contributed by atoms with E-state index in [2.05, 4.69) is 37.5 Å². The molecule has 3 saturated heterocycles. The van der Waals surface area contributed by atoms with Gasteiger partial charge in [-0.1, -0.05) is 11.6 Å². The molecule has 0 bridgehead atoms. The minimum atomic E-state index is -0.271. The summed E-state index contributed by atoms with van der Waals surface area (Å²) >= 11 is 0. The Morgan fingerprint density at radius 3 is 2.83 bits per heavy atom. The smallest absolute Gasteiger partial charge is 0.244 e. The SMILES string of the molecule is CO[C@@H]1/C(=C\C(=O)NCCC2CCCN2)CC[C@]2(CO2)[C@H]1C1(C)O[C@@H]1CC=C(C)C. The Bertz CT molecular complexity index is 704. The third-order valence-corrected chi connectivity index (χ3v) is 7.45. The van der Waals surface area contributed by atoms with E-state index in [1.54, 1.807) is 13.2 Å². The number of rotatable bonds is 8. The van der Waals surface area contributed by atoms with Gasteiger partial charge in [0, 0.05) is 25.8 Å². The van der Waals surface area contributed by atoms with Crippen LogP contribution in [0.25, 0.3) is 0 Å². The van der Waals surface area contributed by atoms with Crippen LogP contribution in [0, 0.1) is 5.92 Å². The van der Waals surface area contributed by atoms with Crippen molar-refractivity contribution in [3.63, 3.8) is 0 Å². The Hall–Kier alpha value is -1.21. The number of ether oxygens (including phenoxy) is 3. The van der Waals surface area contributed by atoms with Crippen LogP contribution < -0.4 is 10.6 Å². The first-order chi connectivity index (χ1) is 14.4. The summed E-state index contributed by atoms with van der Waals surface area (Å²) in [4.78, 5) is 12.6. The highest BCUT2D eigenvalue weighted by molar-refractivity contribution is 5.88. The van der Waals surface area contributed by atoms with Gasteiger partial charge in [0.15, 0.2) is 0 Å². The van der Waals surface area contributed by atoms with Gasteiger partial charge in [-0.3, -0.25) is 4.79 Å². The molecule has 1 saturated carbocycles. The number of hydrogen-bond acceptors (Lipinski definition) is 5. The minimum absolute atomic E-state index is 0.0144. The lowest BCUT2D eigenvalue weighted by molar-refractivity contribution is -0.116. The quantitative estimate of drug-likeness (QED) is 0.360. The lowest BCUT2D eigenvalue weighted by Gasteiger charge is -2.40. The van der Waals surface area contributed by atoms with E-state index < -0.39 is 0 Å². The summed E-state index contributed by atoms with van der Waals surface area (Å²) in [5.41, 5.74) is 1.95. The number of allylic oxidation sites excluding steroid dienone is 1. The van der Waals surface area contributed by atoms with Crippen LogP contribution in [0.3, 0.4) is 0 Å². The van der Waals surface area contributed by atoms with Gasteiger partial charge in [-0.05, 0) is 71.4 Å². The summed E-state index contributed by atoms with van der Waals surface area (Å²) in [6.45, 7) is 8.99. The third-order valence-electron chi connectivity index (χ3n) is 7.45. The second-order valence-corrected chi connectivity index (χ2v) is 9.89. The van der Waals surface area contributed by atoms with Gasteiger partial charge in [0.05, 0.1) is 24.7 Å². The molecule has 6 heteroatoms. The van der Waals surface area contributed by atoms with Gasteiger partial charge in [0.25, 0.3) is 0 Å². The van der Waals surface area contributed by atoms with Crippen LogP contribution in [0.5, 0.6) is 0 Å². The van der Waals surface area contributed by atoms with Crippen LogP contribution in [-0.2, 0) is 19.0 Å². The molecule has 30 heavy (non-hydrogen) atoms. The predicted molar refractivity (Wildman–Crippen MR) is 116 cm³/mol. The van der Waals surface area contributed by atoms with Gasteiger partial charge in [-0.25, -0.2) is 0 Å². The molecule has 0 aromatic carbocycles. The number of methoxy groups -OCH3 is 1. The maximum atomic E-state index is 12.6. The number of carbonyl (C=O) groups is 1. The molecule has 0 aromatic heterocycles. The molecule has 4 aliphatic rings. The largest absolute Gasteiger partial charge is 0.377 e. The lowest BCUT2D eigenvalue weighted by Crippen LogP contribution is -2.50. The Labute approximate surface area is 180 Å². The Morgan fingerprint density at radius 1 is 1.40 bits per heavy atom. The molecule has 1 amide bonds. The van der Waals surface area contributed by atoms with Crippen molar-refractivity contribution in [2.75, 3.05) is 26.8 Å². The fraction of sp³-hybridized carbons (Fsp3) is 0.792. The highest BCUT2D eigenvalue weighted by Gasteiger charge is 2.71. The summed E-state index contributed by atoms with van der Waals surface area (Å²) in [6, 6.07) is 0.542. The standard InChI is InChI=1S/C24H38N2O4/c1-16(2)7-8-19-23(3,30-19)22-21(28-4)17(9-11-24(22)15-29-24)14-20(27)26-13-10-18-6-5-12-25-18/h7,14,18-19,21-22,25H,5-6,8-13,15H2,1-4H3,(H,26,27)/b17-14-/t18?,19-,21-,22-,23?,24+/m1/s1. The van der Waals surface area contributed by atoms with Gasteiger partial charge in [-0.15, -0.1) is 0 Å². The van der Waals surface area contributed by atoms with Crippen molar-refractivity contribution in [2.45, 2.75) is 88.7 Å². The van der Waals surface area contributed by atoms with E-state index >= 15 is 0 Å². The second-order valence-electron chi connectivity index (χ2n) is 9.89. The van der Waals surface area contributed by atoms with E-state index in [0.29, 0.717) is 12.6 Å². The van der Waals surface area contributed by atoms with E-state index in [0.717, 1.165) is 44.4 Å². The zero-order valence-corrected chi connectivity index (χ0v) is 19.0. The highest BCUT2D eigenvalue weighted by Crippen LogP contribution is 2.60. The third kappa shape index (κ3) is 4.52. The predicted octanol–water partition coefficient (Wildman–Crippen LogP) is 2.88. The summed E-state index contributed by atoms with van der Waals surface area (Å²) in [6.07, 6.45) is 10.2. The summed E-state index contributed by atoms with van der Waals surface area (Å²) in [7, 11) is 1.74. The Balaban J connectivity index is 1.41. The average molecular weight is 419 g/mol. The van der Waals surface area contributed by atoms with Crippen molar-refractivity contribution in [2.24, 2.45) is 5.92 Å². The summed E-state index contributed by atoms with van der Waals surface area (Å²) in [5.74, 6) is 0.0977. The minimum Gasteiger partial charge on any atom is -0.377 e. The van der Waals surface area contributed by atoms with Gasteiger partial charge in [0.1, 0.15) is 11.2 Å². The molecule has 2 unspecified atom stereocenters. The number of hydrogen-bond donors (Lipinski definition) is 2. The lowest BCUT2D eigenvalue weighted by atomic mass is 9.67. The van der Waals surface area contributed by atoms with Crippen LogP contribution >= 0.6 is 0 Å². The molecular weight excluding hydrogens is 380 g/mol. The number of amides is 1. The molecule has 168 valence electrons. The molecule has 6 atom stereocenters. The number of carbonyl (C=O) groups excluding carboxylic acids is 1.